The van der Waals surface area contributed by atoms with Crippen LogP contribution >= 0.6 is 0 Å². The van der Waals surface area contributed by atoms with Crippen LogP contribution in [-0.2, 0) is 13.0 Å². The molecule has 1 aromatic carbocycles. The van der Waals surface area contributed by atoms with E-state index in [4.69, 9.17) is 5.11 Å². The molecule has 0 unspecified atom stereocenters. The number of fused-ring (bicyclic) bond motifs is 1. The summed E-state index contributed by atoms with van der Waals surface area (Å²) in [6.45, 7) is 5.51. The van der Waals surface area contributed by atoms with Gasteiger partial charge in [-0.2, -0.15) is 0 Å². The summed E-state index contributed by atoms with van der Waals surface area (Å²) in [6.07, 6.45) is 0.740. The molecule has 80 valence electrons. The molecule has 0 aliphatic rings. The highest BCUT2D eigenvalue weighted by Gasteiger charge is 2.04. The Hall–Kier alpha value is -1.28. The molecule has 0 aliphatic heterocycles. The minimum Gasteiger partial charge on any atom is -0.396 e. The van der Waals surface area contributed by atoms with Crippen LogP contribution in [0, 0.1) is 6.92 Å². The summed E-state index contributed by atoms with van der Waals surface area (Å²) in [5, 5.41) is 10.2. The molecular formula is C13H17NO. The van der Waals surface area contributed by atoms with Gasteiger partial charge in [0.1, 0.15) is 0 Å². The minimum atomic E-state index is 0.220. The lowest BCUT2D eigenvalue weighted by molar-refractivity contribution is 0.299. The van der Waals surface area contributed by atoms with E-state index >= 15 is 0 Å². The highest BCUT2D eigenvalue weighted by molar-refractivity contribution is 5.82. The SMILES string of the molecule is CCn1c(C)cc2ccc(CCO)cc21. The molecule has 0 bridgehead atoms. The van der Waals surface area contributed by atoms with Crippen LogP contribution in [0.2, 0.25) is 0 Å². The van der Waals surface area contributed by atoms with E-state index in [1.54, 1.807) is 0 Å². The zero-order valence-corrected chi connectivity index (χ0v) is 9.33. The summed E-state index contributed by atoms with van der Waals surface area (Å²) in [5.41, 5.74) is 3.78. The van der Waals surface area contributed by atoms with Gasteiger partial charge in [-0.05, 0) is 43.4 Å². The van der Waals surface area contributed by atoms with E-state index in [0.717, 1.165) is 13.0 Å². The lowest BCUT2D eigenvalue weighted by Gasteiger charge is -2.05. The van der Waals surface area contributed by atoms with Gasteiger partial charge >= 0.3 is 0 Å². The zero-order valence-electron chi connectivity index (χ0n) is 9.33. The minimum absolute atomic E-state index is 0.220. The number of nitrogens with zero attached hydrogens (tertiary/aromatic N) is 1. The normalized spacial score (nSPS) is 11.1. The second kappa shape index (κ2) is 4.07. The Labute approximate surface area is 90.2 Å². The Morgan fingerprint density at radius 3 is 2.73 bits per heavy atom. The Morgan fingerprint density at radius 1 is 1.27 bits per heavy atom. The Balaban J connectivity index is 2.57. The summed E-state index contributed by atoms with van der Waals surface area (Å²) in [6, 6.07) is 8.63. The summed E-state index contributed by atoms with van der Waals surface area (Å²) >= 11 is 0. The van der Waals surface area contributed by atoms with Crippen molar-refractivity contribution in [3.63, 3.8) is 0 Å². The second-order valence-corrected chi connectivity index (χ2v) is 3.90. The molecule has 0 aliphatic carbocycles. The smallest absolute Gasteiger partial charge is 0.0485 e. The number of rotatable bonds is 3. The predicted molar refractivity (Wildman–Crippen MR) is 63.1 cm³/mol. The maximum atomic E-state index is 8.92. The van der Waals surface area contributed by atoms with Gasteiger partial charge in [-0.15, -0.1) is 0 Å². The van der Waals surface area contributed by atoms with Crippen LogP contribution in [0.15, 0.2) is 24.3 Å². The third kappa shape index (κ3) is 1.77. The van der Waals surface area contributed by atoms with E-state index < -0.39 is 0 Å². The van der Waals surface area contributed by atoms with E-state index in [9.17, 15) is 0 Å². The number of aliphatic hydroxyl groups is 1. The third-order valence-corrected chi connectivity index (χ3v) is 2.89. The molecule has 1 aromatic heterocycles. The molecule has 0 saturated carbocycles. The first kappa shape index (κ1) is 10.2. The van der Waals surface area contributed by atoms with Crippen LogP contribution in [-0.4, -0.2) is 16.3 Å². The Kier molecular flexibility index (Phi) is 2.78. The van der Waals surface area contributed by atoms with Gasteiger partial charge in [-0.25, -0.2) is 0 Å². The van der Waals surface area contributed by atoms with Gasteiger partial charge in [-0.3, -0.25) is 0 Å². The standard InChI is InChI=1S/C13H17NO/c1-3-14-10(2)8-12-5-4-11(6-7-15)9-13(12)14/h4-5,8-9,15H,3,6-7H2,1-2H3. The van der Waals surface area contributed by atoms with E-state index in [1.165, 1.54) is 22.2 Å². The van der Waals surface area contributed by atoms with Crippen LogP contribution in [0.4, 0.5) is 0 Å². The van der Waals surface area contributed by atoms with E-state index in [1.807, 2.05) is 0 Å². The number of aryl methyl sites for hydroxylation is 2. The molecule has 2 nitrogen and oxygen atoms in total. The van der Waals surface area contributed by atoms with Crippen molar-refractivity contribution in [3.8, 4) is 0 Å². The Bertz CT molecular complexity index is 471. The van der Waals surface area contributed by atoms with Crippen molar-refractivity contribution in [2.75, 3.05) is 6.61 Å². The van der Waals surface area contributed by atoms with Gasteiger partial charge < -0.3 is 9.67 Å². The highest BCUT2D eigenvalue weighted by Crippen LogP contribution is 2.21. The van der Waals surface area contributed by atoms with Gasteiger partial charge in [0.2, 0.25) is 0 Å². The summed E-state index contributed by atoms with van der Waals surface area (Å²) in [7, 11) is 0. The van der Waals surface area contributed by atoms with Crippen LogP contribution in [0.25, 0.3) is 10.9 Å². The van der Waals surface area contributed by atoms with E-state index in [-0.39, 0.29) is 6.61 Å². The Morgan fingerprint density at radius 2 is 2.07 bits per heavy atom. The number of hydrogen-bond acceptors (Lipinski definition) is 1. The van der Waals surface area contributed by atoms with Crippen LogP contribution < -0.4 is 0 Å². The number of aliphatic hydroxyl groups excluding tert-OH is 1. The monoisotopic (exact) mass is 203 g/mol. The summed E-state index contributed by atoms with van der Waals surface area (Å²) < 4.78 is 2.30. The van der Waals surface area contributed by atoms with Crippen molar-refractivity contribution >= 4 is 10.9 Å². The average Bonchev–Trinajstić information content (AvgIpc) is 2.53. The maximum absolute atomic E-state index is 8.92. The molecule has 0 atom stereocenters. The van der Waals surface area contributed by atoms with Crippen molar-refractivity contribution in [1.82, 2.24) is 4.57 Å². The number of aromatic nitrogens is 1. The molecular weight excluding hydrogens is 186 g/mol. The van der Waals surface area contributed by atoms with Crippen molar-refractivity contribution in [3.05, 3.63) is 35.5 Å². The van der Waals surface area contributed by atoms with Crippen LogP contribution in [0.5, 0.6) is 0 Å². The van der Waals surface area contributed by atoms with Crippen molar-refractivity contribution in [1.29, 1.82) is 0 Å². The molecule has 0 saturated heterocycles. The van der Waals surface area contributed by atoms with Crippen molar-refractivity contribution in [2.45, 2.75) is 26.8 Å². The third-order valence-electron chi connectivity index (χ3n) is 2.89. The number of benzene rings is 1. The fraction of sp³-hybridized carbons (Fsp3) is 0.385. The molecule has 2 rings (SSSR count). The zero-order chi connectivity index (χ0) is 10.8. The summed E-state index contributed by atoms with van der Waals surface area (Å²) in [5.74, 6) is 0. The first-order chi connectivity index (χ1) is 7.26. The number of hydrogen-bond donors (Lipinski definition) is 1. The van der Waals surface area contributed by atoms with E-state index in [0.29, 0.717) is 0 Å². The molecule has 1 N–H and O–H groups in total. The molecule has 1 heterocycles. The molecule has 2 heteroatoms. The highest BCUT2D eigenvalue weighted by atomic mass is 16.2. The first-order valence-corrected chi connectivity index (χ1v) is 5.46. The van der Waals surface area contributed by atoms with E-state index in [2.05, 4.69) is 42.7 Å². The van der Waals surface area contributed by atoms with Gasteiger partial charge in [0.25, 0.3) is 0 Å². The summed E-state index contributed by atoms with van der Waals surface area (Å²) in [4.78, 5) is 0. The maximum Gasteiger partial charge on any atom is 0.0485 e. The first-order valence-electron chi connectivity index (χ1n) is 5.46. The lowest BCUT2D eigenvalue weighted by Crippen LogP contribution is -1.97. The fourth-order valence-electron chi connectivity index (χ4n) is 2.14. The van der Waals surface area contributed by atoms with Gasteiger partial charge in [0.05, 0.1) is 0 Å². The predicted octanol–water partition coefficient (Wildman–Crippen LogP) is 2.50. The average molecular weight is 203 g/mol. The van der Waals surface area contributed by atoms with Crippen molar-refractivity contribution in [2.24, 2.45) is 0 Å². The quantitative estimate of drug-likeness (QED) is 0.814. The molecule has 0 fully saturated rings. The van der Waals surface area contributed by atoms with Gasteiger partial charge in [0.15, 0.2) is 0 Å². The molecule has 0 spiro atoms. The van der Waals surface area contributed by atoms with Crippen molar-refractivity contribution < 1.29 is 5.11 Å². The van der Waals surface area contributed by atoms with Gasteiger partial charge in [0, 0.05) is 24.4 Å². The molecule has 0 amide bonds. The van der Waals surface area contributed by atoms with Crippen LogP contribution in [0.3, 0.4) is 0 Å². The molecule has 15 heavy (non-hydrogen) atoms. The second-order valence-electron chi connectivity index (χ2n) is 3.90. The topological polar surface area (TPSA) is 25.2 Å². The molecule has 0 radical (unpaired) electrons. The largest absolute Gasteiger partial charge is 0.396 e. The van der Waals surface area contributed by atoms with Gasteiger partial charge in [-0.1, -0.05) is 12.1 Å². The fourth-order valence-corrected chi connectivity index (χ4v) is 2.14. The lowest BCUT2D eigenvalue weighted by atomic mass is 10.1. The van der Waals surface area contributed by atoms with Crippen LogP contribution in [0.1, 0.15) is 18.2 Å². The molecule has 2 aromatic rings.